The zero-order chi connectivity index (χ0) is 27.3. The molecule has 1 amide bonds. The molecule has 0 spiro atoms. The lowest BCUT2D eigenvalue weighted by Gasteiger charge is -2.15. The van der Waals surface area contributed by atoms with Gasteiger partial charge >= 0.3 is 12.1 Å². The molecule has 2 N–H and O–H groups in total. The highest BCUT2D eigenvalue weighted by molar-refractivity contribution is 5.92. The second kappa shape index (κ2) is 10.8. The minimum absolute atomic E-state index is 0.00826. The SMILES string of the molecule is N#Cc1ncc(-c2ccc(CNC(=O)c3cc(=O)n(Cc4ccccc4)c(=O)[nH]3)c(OC(F)(F)F)c2)cn1. The summed E-state index contributed by atoms with van der Waals surface area (Å²) in [6.45, 7) is -0.421. The maximum atomic E-state index is 13.1. The topological polar surface area (TPSA) is 143 Å². The number of hydrogen-bond acceptors (Lipinski definition) is 7. The molecule has 4 rings (SSSR count). The highest BCUT2D eigenvalue weighted by Gasteiger charge is 2.32. The van der Waals surface area contributed by atoms with Crippen LogP contribution in [0, 0.1) is 11.3 Å². The van der Waals surface area contributed by atoms with Crippen LogP contribution in [0.4, 0.5) is 13.2 Å². The van der Waals surface area contributed by atoms with Gasteiger partial charge in [0.1, 0.15) is 17.5 Å². The van der Waals surface area contributed by atoms with E-state index in [9.17, 15) is 27.6 Å². The maximum absolute atomic E-state index is 13.1. The molecule has 2 aromatic heterocycles. The summed E-state index contributed by atoms with van der Waals surface area (Å²) in [6, 6.07) is 15.3. The van der Waals surface area contributed by atoms with Crippen molar-refractivity contribution < 1.29 is 22.7 Å². The second-order valence-corrected chi connectivity index (χ2v) is 7.86. The average molecular weight is 522 g/mol. The number of benzene rings is 2. The normalized spacial score (nSPS) is 11.0. The van der Waals surface area contributed by atoms with Gasteiger partial charge in [0.25, 0.3) is 11.5 Å². The number of carbonyl (C=O) groups excluding carboxylic acids is 1. The number of nitriles is 1. The molecule has 2 aromatic carbocycles. The number of alkyl halides is 3. The molecular formula is C25H17F3N6O4. The lowest BCUT2D eigenvalue weighted by atomic mass is 10.1. The van der Waals surface area contributed by atoms with Crippen LogP contribution in [0.5, 0.6) is 5.75 Å². The van der Waals surface area contributed by atoms with E-state index >= 15 is 0 Å². The van der Waals surface area contributed by atoms with E-state index in [0.717, 1.165) is 16.7 Å². The average Bonchev–Trinajstić information content (AvgIpc) is 2.89. The number of rotatable bonds is 7. The number of aromatic nitrogens is 4. The van der Waals surface area contributed by atoms with Gasteiger partial charge in [0.05, 0.1) is 6.54 Å². The number of nitrogens with zero attached hydrogens (tertiary/aromatic N) is 4. The highest BCUT2D eigenvalue weighted by Crippen LogP contribution is 2.31. The van der Waals surface area contributed by atoms with E-state index < -0.39 is 35.8 Å². The van der Waals surface area contributed by atoms with Crippen LogP contribution in [0.15, 0.2) is 76.6 Å². The van der Waals surface area contributed by atoms with Gasteiger partial charge in [0.2, 0.25) is 5.82 Å². The largest absolute Gasteiger partial charge is 0.573 e. The summed E-state index contributed by atoms with van der Waals surface area (Å²) < 4.78 is 44.2. The van der Waals surface area contributed by atoms with Crippen molar-refractivity contribution in [1.29, 1.82) is 5.26 Å². The second-order valence-electron chi connectivity index (χ2n) is 7.86. The highest BCUT2D eigenvalue weighted by atomic mass is 19.4. The molecule has 13 heteroatoms. The first kappa shape index (κ1) is 25.8. The molecule has 4 aromatic rings. The third-order valence-corrected chi connectivity index (χ3v) is 5.27. The van der Waals surface area contributed by atoms with Gasteiger partial charge in [-0.2, -0.15) is 5.26 Å². The molecule has 0 unspecified atom stereocenters. The van der Waals surface area contributed by atoms with Gasteiger partial charge in [-0.05, 0) is 17.2 Å². The van der Waals surface area contributed by atoms with Crippen LogP contribution < -0.4 is 21.3 Å². The van der Waals surface area contributed by atoms with Crippen LogP contribution in [0.3, 0.4) is 0 Å². The predicted molar refractivity (Wildman–Crippen MR) is 127 cm³/mol. The molecule has 0 bridgehead atoms. The number of halogens is 3. The predicted octanol–water partition coefficient (Wildman–Crippen LogP) is 2.74. The fraction of sp³-hybridized carbons (Fsp3) is 0.120. The molecule has 0 aliphatic carbocycles. The summed E-state index contributed by atoms with van der Waals surface area (Å²) in [4.78, 5) is 47.4. The zero-order valence-corrected chi connectivity index (χ0v) is 19.3. The van der Waals surface area contributed by atoms with E-state index in [4.69, 9.17) is 5.26 Å². The van der Waals surface area contributed by atoms with Crippen molar-refractivity contribution in [3.8, 4) is 22.9 Å². The first-order chi connectivity index (χ1) is 18.1. The van der Waals surface area contributed by atoms with Gasteiger partial charge in [-0.15, -0.1) is 13.2 Å². The van der Waals surface area contributed by atoms with Crippen molar-refractivity contribution >= 4 is 5.91 Å². The summed E-state index contributed by atoms with van der Waals surface area (Å²) in [7, 11) is 0. The number of nitrogens with one attached hydrogen (secondary N) is 2. The zero-order valence-electron chi connectivity index (χ0n) is 19.3. The molecule has 192 valence electrons. The Balaban J connectivity index is 1.54. The lowest BCUT2D eigenvalue weighted by molar-refractivity contribution is -0.274. The number of carbonyl (C=O) groups is 1. The number of hydrogen-bond donors (Lipinski definition) is 2. The van der Waals surface area contributed by atoms with Gasteiger partial charge in [-0.3, -0.25) is 14.2 Å². The Morgan fingerprint density at radius 1 is 1.05 bits per heavy atom. The Hall–Kier alpha value is -5.25. The first-order valence-electron chi connectivity index (χ1n) is 10.9. The Morgan fingerprint density at radius 2 is 1.76 bits per heavy atom. The smallest absolute Gasteiger partial charge is 0.405 e. The van der Waals surface area contributed by atoms with E-state index in [2.05, 4.69) is 25.0 Å². The lowest BCUT2D eigenvalue weighted by Crippen LogP contribution is -2.38. The number of aromatic amines is 1. The molecule has 0 aliphatic rings. The number of amides is 1. The van der Waals surface area contributed by atoms with E-state index in [0.29, 0.717) is 11.1 Å². The molecule has 0 saturated heterocycles. The molecule has 0 aliphatic heterocycles. The van der Waals surface area contributed by atoms with Crippen molar-refractivity contribution in [3.05, 3.63) is 110 Å². The van der Waals surface area contributed by atoms with E-state index in [1.165, 1.54) is 24.5 Å². The first-order valence-corrected chi connectivity index (χ1v) is 10.9. The van der Waals surface area contributed by atoms with Crippen molar-refractivity contribution in [2.24, 2.45) is 0 Å². The van der Waals surface area contributed by atoms with E-state index in [1.807, 2.05) is 0 Å². The van der Waals surface area contributed by atoms with Crippen LogP contribution in [-0.4, -0.2) is 31.8 Å². The summed E-state index contributed by atoms with van der Waals surface area (Å²) in [5, 5.41) is 11.2. The molecule has 0 saturated carbocycles. The Morgan fingerprint density at radius 3 is 2.39 bits per heavy atom. The van der Waals surface area contributed by atoms with E-state index in [1.54, 1.807) is 36.4 Å². The summed E-state index contributed by atoms with van der Waals surface area (Å²) in [5.74, 6) is -1.58. The van der Waals surface area contributed by atoms with Crippen molar-refractivity contribution in [2.45, 2.75) is 19.5 Å². The Kier molecular flexibility index (Phi) is 7.33. The van der Waals surface area contributed by atoms with Crippen LogP contribution in [0.25, 0.3) is 11.1 Å². The van der Waals surface area contributed by atoms with Crippen LogP contribution in [0.2, 0.25) is 0 Å². The Bertz CT molecular complexity index is 1590. The van der Waals surface area contributed by atoms with Gasteiger partial charge in [0, 0.05) is 36.1 Å². The molecule has 10 nitrogen and oxygen atoms in total. The third kappa shape index (κ3) is 6.30. The molecular weight excluding hydrogens is 505 g/mol. The van der Waals surface area contributed by atoms with Gasteiger partial charge in [-0.1, -0.05) is 42.5 Å². The van der Waals surface area contributed by atoms with Crippen LogP contribution in [0.1, 0.15) is 27.4 Å². The fourth-order valence-corrected chi connectivity index (χ4v) is 3.46. The van der Waals surface area contributed by atoms with Gasteiger partial charge in [0.15, 0.2) is 0 Å². The quantitative estimate of drug-likeness (QED) is 0.380. The van der Waals surface area contributed by atoms with Crippen molar-refractivity contribution in [2.75, 3.05) is 0 Å². The molecule has 0 atom stereocenters. The van der Waals surface area contributed by atoms with Crippen molar-refractivity contribution in [3.63, 3.8) is 0 Å². The summed E-state index contributed by atoms with van der Waals surface area (Å²) >= 11 is 0. The molecule has 2 heterocycles. The van der Waals surface area contributed by atoms with Crippen molar-refractivity contribution in [1.82, 2.24) is 24.8 Å². The standard InChI is InChI=1S/C25H17F3N6O4/c26-25(27,28)38-20-8-16(18-12-30-21(10-29)31-13-18)6-7-17(20)11-32-23(36)19-9-22(35)34(24(37)33-19)14-15-4-2-1-3-5-15/h1-9,12-13H,11,14H2,(H,32,36)(H,33,37). The molecule has 0 fully saturated rings. The monoisotopic (exact) mass is 522 g/mol. The molecule has 38 heavy (non-hydrogen) atoms. The molecule has 0 radical (unpaired) electrons. The minimum Gasteiger partial charge on any atom is -0.405 e. The summed E-state index contributed by atoms with van der Waals surface area (Å²) in [5.41, 5.74) is -0.622. The fourth-order valence-electron chi connectivity index (χ4n) is 3.46. The van der Waals surface area contributed by atoms with Gasteiger partial charge in [-0.25, -0.2) is 14.8 Å². The maximum Gasteiger partial charge on any atom is 0.573 e. The number of ether oxygens (including phenoxy) is 1. The Labute approximate surface area is 212 Å². The van der Waals surface area contributed by atoms with E-state index in [-0.39, 0.29) is 29.2 Å². The van der Waals surface area contributed by atoms with Gasteiger partial charge < -0.3 is 15.0 Å². The van der Waals surface area contributed by atoms with Crippen LogP contribution in [-0.2, 0) is 13.1 Å². The van der Waals surface area contributed by atoms with Crippen LogP contribution >= 0.6 is 0 Å². The minimum atomic E-state index is -5.02. The number of H-pyrrole nitrogens is 1. The summed E-state index contributed by atoms with van der Waals surface area (Å²) in [6.07, 6.45) is -2.47. The third-order valence-electron chi connectivity index (χ3n) is 5.27.